The third-order valence-corrected chi connectivity index (χ3v) is 3.78. The highest BCUT2D eigenvalue weighted by Crippen LogP contribution is 2.26. The second kappa shape index (κ2) is 5.57. The van der Waals surface area contributed by atoms with Gasteiger partial charge in [0.05, 0.1) is 13.0 Å². The quantitative estimate of drug-likeness (QED) is 0.673. The van der Waals surface area contributed by atoms with E-state index >= 15 is 0 Å². The van der Waals surface area contributed by atoms with E-state index < -0.39 is 0 Å². The molecule has 0 radical (unpaired) electrons. The number of carbonyl (C=O) groups is 1. The highest BCUT2D eigenvalue weighted by atomic mass is 32.1. The molecule has 0 aliphatic carbocycles. The summed E-state index contributed by atoms with van der Waals surface area (Å²) in [5.74, 6) is -0.153. The maximum Gasteiger partial charge on any atom is 0.310 e. The summed E-state index contributed by atoms with van der Waals surface area (Å²) in [5.41, 5.74) is 8.72. The number of ether oxygens (including phenoxy) is 1. The maximum atomic E-state index is 11.5. The van der Waals surface area contributed by atoms with Crippen molar-refractivity contribution in [2.24, 2.45) is 11.7 Å². The van der Waals surface area contributed by atoms with E-state index in [0.717, 1.165) is 29.8 Å². The molecule has 2 N–H and O–H groups in total. The van der Waals surface area contributed by atoms with Crippen LogP contribution in [-0.4, -0.2) is 31.2 Å². The predicted octanol–water partition coefficient (Wildman–Crippen LogP) is 1.63. The highest BCUT2D eigenvalue weighted by Gasteiger charge is 2.29. The first-order chi connectivity index (χ1) is 9.02. The molecule has 1 aliphatic rings. The molecule has 1 fully saturated rings. The second-order valence-corrected chi connectivity index (χ2v) is 5.26. The van der Waals surface area contributed by atoms with Gasteiger partial charge in [-0.15, -0.1) is 0 Å². The zero-order valence-electron chi connectivity index (χ0n) is 11.2. The van der Waals surface area contributed by atoms with Crippen molar-refractivity contribution in [3.8, 4) is 0 Å². The van der Waals surface area contributed by atoms with E-state index in [2.05, 4.69) is 11.0 Å². The van der Waals surface area contributed by atoms with Crippen LogP contribution < -0.4 is 10.6 Å². The van der Waals surface area contributed by atoms with Gasteiger partial charge >= 0.3 is 5.97 Å². The van der Waals surface area contributed by atoms with Crippen LogP contribution >= 0.6 is 12.2 Å². The molecular formula is C14H18N2O2S. The molecule has 1 atom stereocenters. The van der Waals surface area contributed by atoms with Gasteiger partial charge in [-0.25, -0.2) is 0 Å². The van der Waals surface area contributed by atoms with Gasteiger partial charge in [0, 0.05) is 24.3 Å². The Morgan fingerprint density at radius 3 is 2.84 bits per heavy atom. The lowest BCUT2D eigenvalue weighted by molar-refractivity contribution is -0.144. The van der Waals surface area contributed by atoms with Gasteiger partial charge in [0.1, 0.15) is 4.99 Å². The fourth-order valence-corrected chi connectivity index (χ4v) is 2.70. The van der Waals surface area contributed by atoms with Crippen LogP contribution in [0.2, 0.25) is 0 Å². The number of anilines is 1. The van der Waals surface area contributed by atoms with Crippen LogP contribution in [0, 0.1) is 12.8 Å². The summed E-state index contributed by atoms with van der Waals surface area (Å²) >= 11 is 5.00. The van der Waals surface area contributed by atoms with E-state index in [-0.39, 0.29) is 11.9 Å². The molecule has 1 unspecified atom stereocenters. The normalized spacial score (nSPS) is 18.4. The molecular weight excluding hydrogens is 260 g/mol. The smallest absolute Gasteiger partial charge is 0.310 e. The lowest BCUT2D eigenvalue weighted by Crippen LogP contribution is -2.23. The van der Waals surface area contributed by atoms with E-state index in [1.807, 2.05) is 19.1 Å². The molecule has 4 nitrogen and oxygen atoms in total. The van der Waals surface area contributed by atoms with Crippen molar-refractivity contribution in [2.75, 3.05) is 25.1 Å². The Morgan fingerprint density at radius 2 is 2.26 bits per heavy atom. The predicted molar refractivity (Wildman–Crippen MR) is 79.4 cm³/mol. The summed E-state index contributed by atoms with van der Waals surface area (Å²) in [6, 6.07) is 6.01. The molecule has 0 aromatic heterocycles. The van der Waals surface area contributed by atoms with Gasteiger partial charge in [0.15, 0.2) is 0 Å². The molecule has 1 heterocycles. The number of nitrogens with two attached hydrogens (primary N) is 1. The van der Waals surface area contributed by atoms with Gasteiger partial charge in [-0.05, 0) is 37.1 Å². The molecule has 0 saturated carbocycles. The zero-order chi connectivity index (χ0) is 14.0. The molecule has 19 heavy (non-hydrogen) atoms. The minimum absolute atomic E-state index is 0.0273. The van der Waals surface area contributed by atoms with Crippen LogP contribution in [0.25, 0.3) is 0 Å². The monoisotopic (exact) mass is 278 g/mol. The summed E-state index contributed by atoms with van der Waals surface area (Å²) in [4.78, 5) is 14.1. The Morgan fingerprint density at radius 1 is 1.53 bits per heavy atom. The second-order valence-electron chi connectivity index (χ2n) is 4.82. The number of aryl methyl sites for hydroxylation is 1. The van der Waals surface area contributed by atoms with E-state index in [4.69, 9.17) is 22.7 Å². The van der Waals surface area contributed by atoms with Crippen LogP contribution in [0.4, 0.5) is 5.69 Å². The number of esters is 1. The fourth-order valence-electron chi connectivity index (χ4n) is 2.47. The number of carbonyl (C=O) groups excluding carboxylic acids is 1. The number of hydrogen-bond acceptors (Lipinski definition) is 4. The number of rotatable bonds is 3. The minimum Gasteiger partial charge on any atom is -0.469 e. The first-order valence-electron chi connectivity index (χ1n) is 6.26. The summed E-state index contributed by atoms with van der Waals surface area (Å²) in [6.07, 6.45) is 0.836. The summed E-state index contributed by atoms with van der Waals surface area (Å²) in [6.45, 7) is 3.57. The van der Waals surface area contributed by atoms with Gasteiger partial charge in [-0.1, -0.05) is 12.2 Å². The van der Waals surface area contributed by atoms with Crippen molar-refractivity contribution in [1.29, 1.82) is 0 Å². The number of benzene rings is 1. The third-order valence-electron chi connectivity index (χ3n) is 3.56. The lowest BCUT2D eigenvalue weighted by atomic mass is 10.1. The SMILES string of the molecule is COC(=O)C1CCN(c2ccc(C(N)=S)c(C)c2)C1. The average Bonchev–Trinajstić information content (AvgIpc) is 2.86. The Hall–Kier alpha value is -1.62. The van der Waals surface area contributed by atoms with Crippen LogP contribution in [-0.2, 0) is 9.53 Å². The van der Waals surface area contributed by atoms with E-state index in [1.54, 1.807) is 0 Å². The van der Waals surface area contributed by atoms with Crippen LogP contribution in [0.1, 0.15) is 17.5 Å². The van der Waals surface area contributed by atoms with Crippen molar-refractivity contribution in [2.45, 2.75) is 13.3 Å². The Kier molecular flexibility index (Phi) is 4.04. The van der Waals surface area contributed by atoms with Crippen LogP contribution in [0.5, 0.6) is 0 Å². The van der Waals surface area contributed by atoms with E-state index in [9.17, 15) is 4.79 Å². The van der Waals surface area contributed by atoms with Gasteiger partial charge in [-0.3, -0.25) is 4.79 Å². The minimum atomic E-state index is -0.126. The summed E-state index contributed by atoms with van der Waals surface area (Å²) < 4.78 is 4.79. The molecule has 1 aromatic carbocycles. The molecule has 0 spiro atoms. The first-order valence-corrected chi connectivity index (χ1v) is 6.67. The molecule has 0 bridgehead atoms. The van der Waals surface area contributed by atoms with Gasteiger partial charge in [0.25, 0.3) is 0 Å². The third kappa shape index (κ3) is 2.87. The number of hydrogen-bond donors (Lipinski definition) is 1. The fraction of sp³-hybridized carbons (Fsp3) is 0.429. The van der Waals surface area contributed by atoms with Gasteiger partial charge in [-0.2, -0.15) is 0 Å². The maximum absolute atomic E-state index is 11.5. The Balaban J connectivity index is 2.14. The number of nitrogens with zero attached hydrogens (tertiary/aromatic N) is 1. The average molecular weight is 278 g/mol. The number of methoxy groups -OCH3 is 1. The molecule has 1 aliphatic heterocycles. The topological polar surface area (TPSA) is 55.6 Å². The summed E-state index contributed by atoms with van der Waals surface area (Å²) in [5, 5.41) is 0. The number of thiocarbonyl (C=S) groups is 1. The van der Waals surface area contributed by atoms with Crippen LogP contribution in [0.15, 0.2) is 18.2 Å². The van der Waals surface area contributed by atoms with E-state index in [1.165, 1.54) is 7.11 Å². The zero-order valence-corrected chi connectivity index (χ0v) is 12.0. The van der Waals surface area contributed by atoms with Crippen LogP contribution in [0.3, 0.4) is 0 Å². The summed E-state index contributed by atoms with van der Waals surface area (Å²) in [7, 11) is 1.44. The largest absolute Gasteiger partial charge is 0.469 e. The van der Waals surface area contributed by atoms with Crippen molar-refractivity contribution in [1.82, 2.24) is 0 Å². The molecule has 0 amide bonds. The standard InChI is InChI=1S/C14H18N2O2S/c1-9-7-11(3-4-12(9)13(15)19)16-6-5-10(8-16)14(17)18-2/h3-4,7,10H,5-6,8H2,1-2H3,(H2,15,19). The molecule has 2 rings (SSSR count). The van der Waals surface area contributed by atoms with Crippen molar-refractivity contribution < 1.29 is 9.53 Å². The Bertz CT molecular complexity index is 516. The molecule has 102 valence electrons. The van der Waals surface area contributed by atoms with Crippen molar-refractivity contribution in [3.05, 3.63) is 29.3 Å². The molecule has 5 heteroatoms. The Labute approximate surface area is 118 Å². The molecule has 1 aromatic rings. The van der Waals surface area contributed by atoms with E-state index in [0.29, 0.717) is 11.5 Å². The van der Waals surface area contributed by atoms with Crippen molar-refractivity contribution in [3.63, 3.8) is 0 Å². The molecule has 1 saturated heterocycles. The first kappa shape index (κ1) is 13.8. The van der Waals surface area contributed by atoms with Gasteiger partial charge < -0.3 is 15.4 Å². The highest BCUT2D eigenvalue weighted by molar-refractivity contribution is 7.80. The van der Waals surface area contributed by atoms with Crippen molar-refractivity contribution >= 4 is 28.9 Å². The lowest BCUT2D eigenvalue weighted by Gasteiger charge is -2.19. The van der Waals surface area contributed by atoms with Gasteiger partial charge in [0.2, 0.25) is 0 Å².